The lowest BCUT2D eigenvalue weighted by Gasteiger charge is -1.98. The number of hydrogen-bond donors (Lipinski definition) is 2. The minimum Gasteiger partial charge on any atom is -0.477 e. The van der Waals surface area contributed by atoms with Gasteiger partial charge in [0, 0.05) is 6.42 Å². The molecule has 0 fully saturated rings. The van der Waals surface area contributed by atoms with E-state index in [1.807, 2.05) is 13.8 Å². The number of nitrogen functional groups attached to an aromatic ring is 1. The van der Waals surface area contributed by atoms with E-state index in [-0.39, 0.29) is 0 Å². The fraction of sp³-hybridized carbons (Fsp3) is 0.500. The van der Waals surface area contributed by atoms with E-state index in [0.717, 1.165) is 12.2 Å². The summed E-state index contributed by atoms with van der Waals surface area (Å²) in [4.78, 5) is 4.25. The molecule has 3 N–H and O–H groups in total. The quantitative estimate of drug-likeness (QED) is 0.751. The Morgan fingerprint density at radius 1 is 1.50 bits per heavy atom. The molecule has 6 nitrogen and oxygen atoms in total. The van der Waals surface area contributed by atoms with Crippen LogP contribution in [0.15, 0.2) is 0 Å². The number of nitrogens with one attached hydrogen (secondary N) is 1. The third-order valence-electron chi connectivity index (χ3n) is 1.95. The number of H-pyrrole nitrogens is 1. The van der Waals surface area contributed by atoms with Gasteiger partial charge in [-0.05, 0) is 6.92 Å². The first kappa shape index (κ1) is 8.86. The molecule has 76 valence electrons. The van der Waals surface area contributed by atoms with Gasteiger partial charge in [0.15, 0.2) is 5.82 Å². The van der Waals surface area contributed by atoms with Crippen LogP contribution in [0.2, 0.25) is 0 Å². The number of aryl methyl sites for hydroxylation is 1. The zero-order chi connectivity index (χ0) is 10.1. The van der Waals surface area contributed by atoms with Crippen LogP contribution in [0.1, 0.15) is 19.7 Å². The monoisotopic (exact) mass is 195 g/mol. The molecule has 0 saturated heterocycles. The summed E-state index contributed by atoms with van der Waals surface area (Å²) in [6, 6.07) is 0. The maximum Gasteiger partial charge on any atom is 0.235 e. The topological polar surface area (TPSA) is 81.2 Å². The van der Waals surface area contributed by atoms with E-state index in [9.17, 15) is 0 Å². The Balaban J connectivity index is 2.49. The van der Waals surface area contributed by atoms with Gasteiger partial charge < -0.3 is 10.5 Å². The zero-order valence-corrected chi connectivity index (χ0v) is 8.24. The van der Waals surface area contributed by atoms with Crippen LogP contribution in [-0.2, 0) is 6.42 Å². The third kappa shape index (κ3) is 1.19. The van der Waals surface area contributed by atoms with Gasteiger partial charge in [-0.2, -0.15) is 0 Å². The maximum atomic E-state index is 5.81. The molecule has 0 radical (unpaired) electrons. The molecule has 0 spiro atoms. The van der Waals surface area contributed by atoms with Gasteiger partial charge in [-0.25, -0.2) is 10.1 Å². The fourth-order valence-corrected chi connectivity index (χ4v) is 1.27. The molecule has 2 heterocycles. The van der Waals surface area contributed by atoms with E-state index in [2.05, 4.69) is 15.2 Å². The normalized spacial score (nSPS) is 11.0. The van der Waals surface area contributed by atoms with Crippen molar-refractivity contribution < 1.29 is 4.74 Å². The molecule has 0 aliphatic rings. The van der Waals surface area contributed by atoms with Crippen LogP contribution in [0.3, 0.4) is 0 Å². The lowest BCUT2D eigenvalue weighted by atomic mass is 10.5. The standard InChI is InChI=1S/C8H13N5O/c1-3-5-10-7-6(9)8(14-4-2)12-13(7)11-5/h12H,3-4,9H2,1-2H3. The molecule has 2 aromatic heterocycles. The minimum atomic E-state index is 0.513. The van der Waals surface area contributed by atoms with Crippen LogP contribution in [0.4, 0.5) is 5.69 Å². The number of nitrogens with two attached hydrogens (primary N) is 1. The van der Waals surface area contributed by atoms with E-state index in [4.69, 9.17) is 10.5 Å². The number of anilines is 1. The largest absolute Gasteiger partial charge is 0.477 e. The number of aromatic amines is 1. The van der Waals surface area contributed by atoms with Gasteiger partial charge in [-0.3, -0.25) is 0 Å². The summed E-state index contributed by atoms with van der Waals surface area (Å²) in [7, 11) is 0. The molecule has 0 unspecified atom stereocenters. The van der Waals surface area contributed by atoms with Crippen molar-refractivity contribution in [3.63, 3.8) is 0 Å². The SMILES string of the molecule is CCOc1[nH]n2nc(CC)nc2c1N. The average molecular weight is 195 g/mol. The maximum absolute atomic E-state index is 5.81. The molecule has 0 bridgehead atoms. The number of ether oxygens (including phenoxy) is 1. The van der Waals surface area contributed by atoms with Crippen molar-refractivity contribution in [1.29, 1.82) is 0 Å². The van der Waals surface area contributed by atoms with Gasteiger partial charge in [0.25, 0.3) is 0 Å². The molecule has 14 heavy (non-hydrogen) atoms. The highest BCUT2D eigenvalue weighted by Crippen LogP contribution is 2.23. The summed E-state index contributed by atoms with van der Waals surface area (Å²) >= 11 is 0. The summed E-state index contributed by atoms with van der Waals surface area (Å²) < 4.78 is 6.81. The first-order valence-electron chi connectivity index (χ1n) is 4.62. The van der Waals surface area contributed by atoms with Crippen molar-refractivity contribution in [2.75, 3.05) is 12.3 Å². The van der Waals surface area contributed by atoms with Crippen molar-refractivity contribution in [2.24, 2.45) is 0 Å². The van der Waals surface area contributed by atoms with Crippen LogP contribution >= 0.6 is 0 Å². The van der Waals surface area contributed by atoms with Crippen LogP contribution in [0, 0.1) is 0 Å². The smallest absolute Gasteiger partial charge is 0.235 e. The molecule has 0 amide bonds. The van der Waals surface area contributed by atoms with Crippen molar-refractivity contribution in [3.05, 3.63) is 5.82 Å². The van der Waals surface area contributed by atoms with Crippen molar-refractivity contribution in [2.45, 2.75) is 20.3 Å². The molecule has 2 rings (SSSR count). The van der Waals surface area contributed by atoms with Crippen molar-refractivity contribution >= 4 is 11.3 Å². The molecule has 2 aromatic rings. The summed E-state index contributed by atoms with van der Waals surface area (Å²) in [5, 5.41) is 7.10. The van der Waals surface area contributed by atoms with Crippen molar-refractivity contribution in [1.82, 2.24) is 19.8 Å². The second-order valence-corrected chi connectivity index (χ2v) is 2.90. The molecular formula is C8H13N5O. The Kier molecular flexibility index (Phi) is 2.03. The van der Waals surface area contributed by atoms with Gasteiger partial charge in [0.1, 0.15) is 5.69 Å². The molecule has 0 aromatic carbocycles. The molecule has 6 heteroatoms. The van der Waals surface area contributed by atoms with E-state index >= 15 is 0 Å². The first-order chi connectivity index (χ1) is 6.76. The number of aromatic nitrogens is 4. The third-order valence-corrected chi connectivity index (χ3v) is 1.95. The second kappa shape index (κ2) is 3.21. The van der Waals surface area contributed by atoms with E-state index < -0.39 is 0 Å². The number of hydrogen-bond acceptors (Lipinski definition) is 4. The van der Waals surface area contributed by atoms with Crippen LogP contribution < -0.4 is 10.5 Å². The van der Waals surface area contributed by atoms with Gasteiger partial charge in [0.2, 0.25) is 11.5 Å². The van der Waals surface area contributed by atoms with Gasteiger partial charge in [-0.1, -0.05) is 6.92 Å². The lowest BCUT2D eigenvalue weighted by molar-refractivity contribution is 0.325. The van der Waals surface area contributed by atoms with Gasteiger partial charge >= 0.3 is 0 Å². The fourth-order valence-electron chi connectivity index (χ4n) is 1.27. The summed E-state index contributed by atoms with van der Waals surface area (Å²) in [5.41, 5.74) is 6.96. The predicted octanol–water partition coefficient (Wildman–Crippen LogP) is 0.601. The van der Waals surface area contributed by atoms with Crippen LogP contribution in [-0.4, -0.2) is 26.4 Å². The Morgan fingerprint density at radius 3 is 2.86 bits per heavy atom. The van der Waals surface area contributed by atoms with E-state index in [1.165, 1.54) is 0 Å². The van der Waals surface area contributed by atoms with Crippen molar-refractivity contribution in [3.8, 4) is 5.88 Å². The molecule has 0 atom stereocenters. The Hall–Kier alpha value is -1.72. The second-order valence-electron chi connectivity index (χ2n) is 2.90. The summed E-state index contributed by atoms with van der Waals surface area (Å²) in [5.74, 6) is 1.30. The van der Waals surface area contributed by atoms with Crippen LogP contribution in [0.25, 0.3) is 5.65 Å². The first-order valence-corrected chi connectivity index (χ1v) is 4.62. The highest BCUT2D eigenvalue weighted by Gasteiger charge is 2.13. The zero-order valence-electron chi connectivity index (χ0n) is 8.24. The number of nitrogens with zero attached hydrogens (tertiary/aromatic N) is 3. The van der Waals surface area contributed by atoms with Gasteiger partial charge in [-0.15, -0.1) is 9.73 Å². The Labute approximate surface area is 81.0 Å². The van der Waals surface area contributed by atoms with E-state index in [0.29, 0.717) is 23.8 Å². The Bertz CT molecular complexity index is 444. The highest BCUT2D eigenvalue weighted by molar-refractivity contribution is 5.70. The van der Waals surface area contributed by atoms with Gasteiger partial charge in [0.05, 0.1) is 6.61 Å². The van der Waals surface area contributed by atoms with E-state index in [1.54, 1.807) is 4.63 Å². The summed E-state index contributed by atoms with van der Waals surface area (Å²) in [6.45, 7) is 4.46. The molecule has 0 aliphatic heterocycles. The lowest BCUT2D eigenvalue weighted by Crippen LogP contribution is -1.96. The van der Waals surface area contributed by atoms with Crippen LogP contribution in [0.5, 0.6) is 5.88 Å². The molecular weight excluding hydrogens is 182 g/mol. The Morgan fingerprint density at radius 2 is 2.29 bits per heavy atom. The number of rotatable bonds is 3. The predicted molar refractivity (Wildman–Crippen MR) is 52.3 cm³/mol. The number of fused-ring (bicyclic) bond motifs is 1. The minimum absolute atomic E-state index is 0.513. The average Bonchev–Trinajstić information content (AvgIpc) is 2.69. The summed E-state index contributed by atoms with van der Waals surface area (Å²) in [6.07, 6.45) is 0.791. The molecule has 0 saturated carbocycles. The molecule has 0 aliphatic carbocycles. The highest BCUT2D eigenvalue weighted by atomic mass is 16.5.